The fourth-order valence-electron chi connectivity index (χ4n) is 2.05. The number of nitrogens with one attached hydrogen (secondary N) is 1. The number of para-hydroxylation sites is 1. The molecule has 1 rings (SSSR count). The maximum atomic E-state index is 12.2. The molecule has 0 saturated heterocycles. The third-order valence-corrected chi connectivity index (χ3v) is 5.12. The summed E-state index contributed by atoms with van der Waals surface area (Å²) >= 11 is 3.51. The number of alkyl halides is 1. The number of rotatable bonds is 7. The van der Waals surface area contributed by atoms with Crippen LogP contribution in [-0.2, 0) is 9.84 Å². The van der Waals surface area contributed by atoms with Gasteiger partial charge in [-0.2, -0.15) is 0 Å². The summed E-state index contributed by atoms with van der Waals surface area (Å²) in [7, 11) is -3.19. The van der Waals surface area contributed by atoms with Crippen LogP contribution in [0.3, 0.4) is 0 Å². The quantitative estimate of drug-likeness (QED) is 0.762. The molecule has 1 aromatic carbocycles. The Hall–Kier alpha value is -0.550. The highest BCUT2D eigenvalue weighted by molar-refractivity contribution is 9.09. The summed E-state index contributed by atoms with van der Waals surface area (Å²) in [6, 6.07) is 7.35. The van der Waals surface area contributed by atoms with E-state index in [0.29, 0.717) is 21.8 Å². The van der Waals surface area contributed by atoms with Crippen LogP contribution in [-0.4, -0.2) is 25.0 Å². The van der Waals surface area contributed by atoms with Crippen LogP contribution in [0.4, 0.5) is 5.69 Å². The van der Waals surface area contributed by atoms with Gasteiger partial charge in [0.25, 0.3) is 0 Å². The number of halogens is 1. The van der Waals surface area contributed by atoms with Gasteiger partial charge in [-0.15, -0.1) is 0 Å². The van der Waals surface area contributed by atoms with Gasteiger partial charge >= 0.3 is 0 Å². The molecule has 0 spiro atoms. The molecule has 1 aromatic rings. The predicted octanol–water partition coefficient (Wildman–Crippen LogP) is 3.84. The lowest BCUT2D eigenvalue weighted by Gasteiger charge is -2.19. The Kier molecular flexibility index (Phi) is 6.33. The Morgan fingerprint density at radius 3 is 2.47 bits per heavy atom. The highest BCUT2D eigenvalue weighted by atomic mass is 79.9. The van der Waals surface area contributed by atoms with Crippen LogP contribution in [0.2, 0.25) is 0 Å². The highest BCUT2D eigenvalue weighted by Crippen LogP contribution is 2.24. The first-order valence-electron chi connectivity index (χ1n) is 6.59. The number of benzene rings is 1. The topological polar surface area (TPSA) is 46.2 Å². The van der Waals surface area contributed by atoms with Crippen molar-refractivity contribution in [3.8, 4) is 0 Å². The molecule has 0 aliphatic carbocycles. The van der Waals surface area contributed by atoms with Crippen LogP contribution in [0.25, 0.3) is 0 Å². The van der Waals surface area contributed by atoms with E-state index >= 15 is 0 Å². The van der Waals surface area contributed by atoms with E-state index in [1.165, 1.54) is 0 Å². The Labute approximate surface area is 124 Å². The van der Waals surface area contributed by atoms with Gasteiger partial charge in [-0.3, -0.25) is 0 Å². The lowest BCUT2D eigenvalue weighted by molar-refractivity contribution is 0.594. The second-order valence-electron chi connectivity index (χ2n) is 4.88. The molecule has 0 radical (unpaired) electrons. The van der Waals surface area contributed by atoms with Crippen molar-refractivity contribution >= 4 is 31.5 Å². The van der Waals surface area contributed by atoms with Gasteiger partial charge in [-0.05, 0) is 31.9 Å². The highest BCUT2D eigenvalue weighted by Gasteiger charge is 2.18. The molecule has 2 atom stereocenters. The van der Waals surface area contributed by atoms with Crippen molar-refractivity contribution in [2.75, 3.05) is 11.1 Å². The van der Waals surface area contributed by atoms with Gasteiger partial charge in [-0.1, -0.05) is 41.9 Å². The minimum Gasteiger partial charge on any atom is -0.381 e. The predicted molar refractivity (Wildman–Crippen MR) is 84.9 cm³/mol. The van der Waals surface area contributed by atoms with Gasteiger partial charge in [-0.25, -0.2) is 8.42 Å². The fourth-order valence-corrected chi connectivity index (χ4v) is 4.11. The summed E-state index contributed by atoms with van der Waals surface area (Å²) in [6.45, 7) is 6.02. The summed E-state index contributed by atoms with van der Waals surface area (Å²) < 4.78 is 24.4. The van der Waals surface area contributed by atoms with Crippen LogP contribution in [0, 0.1) is 0 Å². The molecule has 0 fully saturated rings. The second kappa shape index (κ2) is 7.29. The molecule has 19 heavy (non-hydrogen) atoms. The zero-order valence-corrected chi connectivity index (χ0v) is 14.1. The van der Waals surface area contributed by atoms with E-state index in [-0.39, 0.29) is 11.8 Å². The van der Waals surface area contributed by atoms with Gasteiger partial charge in [0.2, 0.25) is 0 Å². The number of hydrogen-bond acceptors (Lipinski definition) is 3. The first-order chi connectivity index (χ1) is 8.86. The third-order valence-electron chi connectivity index (χ3n) is 2.78. The minimum atomic E-state index is -3.19. The lowest BCUT2D eigenvalue weighted by Crippen LogP contribution is -2.20. The average Bonchev–Trinajstić information content (AvgIpc) is 2.28. The van der Waals surface area contributed by atoms with Crippen LogP contribution in [0.5, 0.6) is 0 Å². The Balaban J connectivity index is 2.97. The van der Waals surface area contributed by atoms with Crippen LogP contribution < -0.4 is 5.32 Å². The molecule has 0 amide bonds. The van der Waals surface area contributed by atoms with Crippen LogP contribution in [0.1, 0.15) is 33.6 Å². The first kappa shape index (κ1) is 16.5. The van der Waals surface area contributed by atoms with Crippen molar-refractivity contribution in [3.05, 3.63) is 24.3 Å². The molecule has 108 valence electrons. The number of sulfone groups is 1. The Morgan fingerprint density at radius 2 is 1.89 bits per heavy atom. The van der Waals surface area contributed by atoms with Gasteiger partial charge in [0.05, 0.1) is 16.3 Å². The summed E-state index contributed by atoms with van der Waals surface area (Å²) in [4.78, 5) is 0.806. The lowest BCUT2D eigenvalue weighted by atomic mass is 10.2. The van der Waals surface area contributed by atoms with E-state index in [1.54, 1.807) is 12.1 Å². The standard InChI is InChI=1S/C14H22BrNO2S/c1-4-9-19(17,18)14-8-6-5-7-13(14)16-12(3)10-11(2)15/h5-8,11-12,16H,4,9-10H2,1-3H3. The maximum Gasteiger partial charge on any atom is 0.180 e. The number of anilines is 1. The molecular weight excluding hydrogens is 326 g/mol. The third kappa shape index (κ3) is 5.15. The smallest absolute Gasteiger partial charge is 0.180 e. The van der Waals surface area contributed by atoms with Crippen molar-refractivity contribution in [2.24, 2.45) is 0 Å². The first-order valence-corrected chi connectivity index (χ1v) is 9.16. The average molecular weight is 348 g/mol. The van der Waals surface area contributed by atoms with E-state index < -0.39 is 9.84 Å². The normalized spacial score (nSPS) is 14.9. The van der Waals surface area contributed by atoms with Crippen LogP contribution in [0.15, 0.2) is 29.2 Å². The van der Waals surface area contributed by atoms with E-state index in [4.69, 9.17) is 0 Å². The molecule has 0 aliphatic heterocycles. The van der Waals surface area contributed by atoms with Gasteiger partial charge in [0, 0.05) is 10.9 Å². The number of hydrogen-bond donors (Lipinski definition) is 1. The maximum absolute atomic E-state index is 12.2. The summed E-state index contributed by atoms with van der Waals surface area (Å²) in [5.41, 5.74) is 0.705. The van der Waals surface area contributed by atoms with E-state index in [1.807, 2.05) is 19.1 Å². The molecule has 0 bridgehead atoms. The minimum absolute atomic E-state index is 0.189. The van der Waals surface area contributed by atoms with Gasteiger partial charge in [0.15, 0.2) is 9.84 Å². The molecule has 5 heteroatoms. The summed E-state index contributed by atoms with van der Waals surface area (Å²) in [6.07, 6.45) is 1.56. The molecule has 1 N–H and O–H groups in total. The van der Waals surface area contributed by atoms with Crippen molar-refractivity contribution < 1.29 is 8.42 Å². The molecule has 2 unspecified atom stereocenters. The zero-order valence-electron chi connectivity index (χ0n) is 11.7. The molecule has 0 aliphatic rings. The zero-order chi connectivity index (χ0) is 14.5. The Bertz CT molecular complexity index is 500. The molecule has 0 saturated carbocycles. The largest absolute Gasteiger partial charge is 0.381 e. The molecule has 3 nitrogen and oxygen atoms in total. The molecule has 0 heterocycles. The summed E-state index contributed by atoms with van der Waals surface area (Å²) in [5, 5.41) is 3.30. The van der Waals surface area contributed by atoms with Gasteiger partial charge in [0.1, 0.15) is 0 Å². The van der Waals surface area contributed by atoms with Gasteiger partial charge < -0.3 is 5.32 Å². The molecule has 0 aromatic heterocycles. The van der Waals surface area contributed by atoms with Crippen molar-refractivity contribution in [1.82, 2.24) is 0 Å². The SMILES string of the molecule is CCCS(=O)(=O)c1ccccc1NC(C)CC(C)Br. The van der Waals surface area contributed by atoms with E-state index in [9.17, 15) is 8.42 Å². The van der Waals surface area contributed by atoms with Crippen molar-refractivity contribution in [3.63, 3.8) is 0 Å². The summed E-state index contributed by atoms with van der Waals surface area (Å²) in [5.74, 6) is 0.189. The second-order valence-corrected chi connectivity index (χ2v) is 8.52. The Morgan fingerprint density at radius 1 is 1.26 bits per heavy atom. The fraction of sp³-hybridized carbons (Fsp3) is 0.571. The van der Waals surface area contributed by atoms with Crippen molar-refractivity contribution in [1.29, 1.82) is 0 Å². The monoisotopic (exact) mass is 347 g/mol. The van der Waals surface area contributed by atoms with E-state index in [2.05, 4.69) is 35.1 Å². The van der Waals surface area contributed by atoms with E-state index in [0.717, 1.165) is 6.42 Å². The molecular formula is C14H22BrNO2S. The van der Waals surface area contributed by atoms with Crippen molar-refractivity contribution in [2.45, 2.75) is 49.4 Å². The van der Waals surface area contributed by atoms with Crippen LogP contribution >= 0.6 is 15.9 Å².